The van der Waals surface area contributed by atoms with Gasteiger partial charge in [-0.05, 0) is 0 Å². The van der Waals surface area contributed by atoms with Crippen LogP contribution in [0.5, 0.6) is 0 Å². The van der Waals surface area contributed by atoms with Crippen molar-refractivity contribution in [2.24, 2.45) is 0 Å². The maximum absolute atomic E-state index is 11.3. The zero-order valence-corrected chi connectivity index (χ0v) is 10.00. The molecule has 1 aromatic rings. The number of carboxylic acid groups (broad SMARTS) is 1. The Hall–Kier alpha value is -2.65. The van der Waals surface area contributed by atoms with Crippen LogP contribution in [0.1, 0.15) is 0 Å². The van der Waals surface area contributed by atoms with Crippen molar-refractivity contribution in [3.63, 3.8) is 0 Å². The summed E-state index contributed by atoms with van der Waals surface area (Å²) in [5, 5.41) is 22.5. The van der Waals surface area contributed by atoms with Crippen molar-refractivity contribution in [3.05, 3.63) is 12.4 Å². The molecule has 4 N–H and O–H groups in total. The minimum atomic E-state index is -1.15. The van der Waals surface area contributed by atoms with E-state index in [0.717, 1.165) is 0 Å². The SMILES string of the molecule is O=C(O)CNC(=O)CNC(=O)NCCn1ccnn1. The number of nitrogens with zero attached hydrogens (tertiary/aromatic N) is 3. The largest absolute Gasteiger partial charge is 0.480 e. The van der Waals surface area contributed by atoms with Crippen LogP contribution in [0.2, 0.25) is 0 Å². The van der Waals surface area contributed by atoms with E-state index in [9.17, 15) is 14.4 Å². The van der Waals surface area contributed by atoms with Crippen molar-refractivity contribution >= 4 is 17.9 Å². The standard InChI is InChI=1S/C9H14N6O4/c16-7(11-6-8(17)18)5-12-9(19)10-1-3-15-4-2-13-14-15/h2,4H,1,3,5-6H2,(H,11,16)(H,17,18)(H2,10,12,19). The fourth-order valence-electron chi connectivity index (χ4n) is 1.10. The summed E-state index contributed by atoms with van der Waals surface area (Å²) in [6.07, 6.45) is 3.17. The molecule has 0 aliphatic carbocycles. The van der Waals surface area contributed by atoms with Crippen LogP contribution >= 0.6 is 0 Å². The van der Waals surface area contributed by atoms with E-state index in [2.05, 4.69) is 26.3 Å². The molecular weight excluding hydrogens is 256 g/mol. The predicted octanol–water partition coefficient (Wildman–Crippen LogP) is -2.22. The van der Waals surface area contributed by atoms with Crippen LogP contribution in [0, 0.1) is 0 Å². The zero-order valence-electron chi connectivity index (χ0n) is 10.00. The molecule has 10 heteroatoms. The van der Waals surface area contributed by atoms with Gasteiger partial charge < -0.3 is 21.1 Å². The molecule has 0 fully saturated rings. The molecule has 0 radical (unpaired) electrons. The molecule has 0 atom stereocenters. The summed E-state index contributed by atoms with van der Waals surface area (Å²) in [5.41, 5.74) is 0. The molecule has 0 saturated heterocycles. The minimum Gasteiger partial charge on any atom is -0.480 e. The van der Waals surface area contributed by atoms with Crippen molar-refractivity contribution in [1.29, 1.82) is 0 Å². The lowest BCUT2D eigenvalue weighted by Gasteiger charge is -2.07. The maximum Gasteiger partial charge on any atom is 0.322 e. The first-order chi connectivity index (χ1) is 9.08. The summed E-state index contributed by atoms with van der Waals surface area (Å²) in [7, 11) is 0. The van der Waals surface area contributed by atoms with Crippen molar-refractivity contribution in [2.75, 3.05) is 19.6 Å². The van der Waals surface area contributed by atoms with E-state index < -0.39 is 24.5 Å². The van der Waals surface area contributed by atoms with Gasteiger partial charge in [0.25, 0.3) is 0 Å². The molecule has 104 valence electrons. The van der Waals surface area contributed by atoms with Crippen molar-refractivity contribution < 1.29 is 19.5 Å². The molecule has 10 nitrogen and oxygen atoms in total. The Balaban J connectivity index is 2.07. The Kier molecular flexibility index (Phi) is 5.79. The molecule has 19 heavy (non-hydrogen) atoms. The number of urea groups is 1. The molecule has 1 rings (SSSR count). The number of hydrogen-bond acceptors (Lipinski definition) is 5. The number of carbonyl (C=O) groups is 3. The summed E-state index contributed by atoms with van der Waals surface area (Å²) >= 11 is 0. The third-order valence-electron chi connectivity index (χ3n) is 1.94. The predicted molar refractivity (Wildman–Crippen MR) is 62.1 cm³/mol. The fourth-order valence-corrected chi connectivity index (χ4v) is 1.10. The number of aromatic nitrogens is 3. The van der Waals surface area contributed by atoms with Gasteiger partial charge in [0, 0.05) is 12.7 Å². The number of aliphatic carboxylic acids is 1. The van der Waals surface area contributed by atoms with E-state index >= 15 is 0 Å². The highest BCUT2D eigenvalue weighted by molar-refractivity contribution is 5.86. The molecule has 0 spiro atoms. The maximum atomic E-state index is 11.3. The number of hydrogen-bond donors (Lipinski definition) is 4. The van der Waals surface area contributed by atoms with Gasteiger partial charge in [-0.2, -0.15) is 0 Å². The third kappa shape index (κ3) is 6.61. The lowest BCUT2D eigenvalue weighted by atomic mass is 10.5. The molecule has 1 aromatic heterocycles. The Morgan fingerprint density at radius 1 is 1.16 bits per heavy atom. The Morgan fingerprint density at radius 2 is 1.95 bits per heavy atom. The first kappa shape index (κ1) is 14.4. The molecule has 0 bridgehead atoms. The van der Waals surface area contributed by atoms with E-state index in [0.29, 0.717) is 13.1 Å². The van der Waals surface area contributed by atoms with Gasteiger partial charge in [0.05, 0.1) is 19.3 Å². The first-order valence-electron chi connectivity index (χ1n) is 5.42. The van der Waals surface area contributed by atoms with Gasteiger partial charge in [-0.3, -0.25) is 14.3 Å². The molecule has 0 saturated carbocycles. The Bertz CT molecular complexity index is 432. The molecule has 0 unspecified atom stereocenters. The number of carboxylic acids is 1. The van der Waals surface area contributed by atoms with Crippen LogP contribution in [0.4, 0.5) is 4.79 Å². The van der Waals surface area contributed by atoms with E-state index in [1.807, 2.05) is 0 Å². The van der Waals surface area contributed by atoms with Gasteiger partial charge in [-0.15, -0.1) is 5.10 Å². The van der Waals surface area contributed by atoms with Crippen LogP contribution in [0.25, 0.3) is 0 Å². The average molecular weight is 270 g/mol. The highest BCUT2D eigenvalue weighted by Crippen LogP contribution is 1.78. The van der Waals surface area contributed by atoms with Crippen LogP contribution in [-0.2, 0) is 16.1 Å². The number of carbonyl (C=O) groups excluding carboxylic acids is 2. The minimum absolute atomic E-state index is 0.289. The zero-order chi connectivity index (χ0) is 14.1. The Morgan fingerprint density at radius 3 is 2.58 bits per heavy atom. The molecule has 0 aliphatic heterocycles. The molecular formula is C9H14N6O4. The van der Waals surface area contributed by atoms with Crippen LogP contribution in [-0.4, -0.2) is 57.6 Å². The lowest BCUT2D eigenvalue weighted by Crippen LogP contribution is -2.43. The van der Waals surface area contributed by atoms with Crippen molar-refractivity contribution in [3.8, 4) is 0 Å². The van der Waals surface area contributed by atoms with Crippen LogP contribution < -0.4 is 16.0 Å². The van der Waals surface area contributed by atoms with Gasteiger partial charge in [0.15, 0.2) is 0 Å². The smallest absolute Gasteiger partial charge is 0.322 e. The number of rotatable bonds is 7. The fraction of sp³-hybridized carbons (Fsp3) is 0.444. The number of amides is 3. The molecule has 0 aliphatic rings. The summed E-state index contributed by atoms with van der Waals surface area (Å²) in [5.74, 6) is -1.72. The van der Waals surface area contributed by atoms with E-state index in [4.69, 9.17) is 5.11 Å². The highest BCUT2D eigenvalue weighted by atomic mass is 16.4. The van der Waals surface area contributed by atoms with Crippen LogP contribution in [0.15, 0.2) is 12.4 Å². The lowest BCUT2D eigenvalue weighted by molar-refractivity contribution is -0.137. The third-order valence-corrected chi connectivity index (χ3v) is 1.94. The quantitative estimate of drug-likeness (QED) is 0.442. The topological polar surface area (TPSA) is 138 Å². The average Bonchev–Trinajstić information content (AvgIpc) is 2.87. The van der Waals surface area contributed by atoms with Crippen molar-refractivity contribution in [1.82, 2.24) is 30.9 Å². The molecule has 3 amide bonds. The van der Waals surface area contributed by atoms with Gasteiger partial charge in [0.2, 0.25) is 5.91 Å². The number of nitrogens with one attached hydrogen (secondary N) is 3. The van der Waals surface area contributed by atoms with E-state index in [1.165, 1.54) is 6.20 Å². The normalized spacial score (nSPS) is 9.68. The second kappa shape index (κ2) is 7.63. The van der Waals surface area contributed by atoms with Gasteiger partial charge in [-0.1, -0.05) is 5.21 Å². The van der Waals surface area contributed by atoms with E-state index in [1.54, 1.807) is 10.9 Å². The van der Waals surface area contributed by atoms with Gasteiger partial charge >= 0.3 is 12.0 Å². The summed E-state index contributed by atoms with van der Waals surface area (Å²) in [6, 6.07) is -0.523. The molecule has 1 heterocycles. The van der Waals surface area contributed by atoms with Gasteiger partial charge in [0.1, 0.15) is 6.54 Å². The first-order valence-corrected chi connectivity index (χ1v) is 5.42. The second-order valence-corrected chi connectivity index (χ2v) is 3.45. The summed E-state index contributed by atoms with van der Waals surface area (Å²) in [4.78, 5) is 32.5. The summed E-state index contributed by atoms with van der Waals surface area (Å²) < 4.78 is 1.54. The summed E-state index contributed by atoms with van der Waals surface area (Å²) in [6.45, 7) is 0.0153. The highest BCUT2D eigenvalue weighted by Gasteiger charge is 2.06. The second-order valence-electron chi connectivity index (χ2n) is 3.45. The monoisotopic (exact) mass is 270 g/mol. The van der Waals surface area contributed by atoms with Crippen LogP contribution in [0.3, 0.4) is 0 Å². The molecule has 0 aromatic carbocycles. The van der Waals surface area contributed by atoms with Crippen molar-refractivity contribution in [2.45, 2.75) is 6.54 Å². The van der Waals surface area contributed by atoms with Gasteiger partial charge in [-0.25, -0.2) is 4.79 Å². The Labute approximate surface area is 108 Å². The van der Waals surface area contributed by atoms with E-state index in [-0.39, 0.29) is 6.54 Å².